The molecule has 2 aromatic heterocycles. The second-order valence-electron chi connectivity index (χ2n) is 6.37. The summed E-state index contributed by atoms with van der Waals surface area (Å²) in [5.41, 5.74) is 6.02. The molecule has 1 aliphatic heterocycles. The molecule has 0 saturated carbocycles. The number of fused-ring (bicyclic) bond motifs is 1. The molecular weight excluding hydrogens is 330 g/mol. The first-order valence-corrected chi connectivity index (χ1v) is 8.89. The molecule has 0 aliphatic carbocycles. The van der Waals surface area contributed by atoms with E-state index in [1.54, 1.807) is 0 Å². The van der Waals surface area contributed by atoms with Crippen molar-refractivity contribution < 1.29 is 0 Å². The highest BCUT2D eigenvalue weighted by Gasteiger charge is 2.15. The number of pyridine rings is 1. The molecule has 0 saturated heterocycles. The molecule has 0 bridgehead atoms. The Morgan fingerprint density at radius 3 is 2.76 bits per heavy atom. The molecule has 4 rings (SSSR count). The van der Waals surface area contributed by atoms with E-state index in [0.29, 0.717) is 0 Å². The van der Waals surface area contributed by atoms with E-state index >= 15 is 0 Å². The van der Waals surface area contributed by atoms with Crippen LogP contribution in [0.4, 0.5) is 5.69 Å². The molecule has 3 aromatic rings. The lowest BCUT2D eigenvalue weighted by Crippen LogP contribution is -2.29. The average Bonchev–Trinajstić information content (AvgIpc) is 3.12. The van der Waals surface area contributed by atoms with Gasteiger partial charge in [-0.25, -0.2) is 4.98 Å². The van der Waals surface area contributed by atoms with Crippen LogP contribution in [0.1, 0.15) is 17.5 Å². The van der Waals surface area contributed by atoms with E-state index in [2.05, 4.69) is 46.1 Å². The molecule has 126 valence electrons. The Hall–Kier alpha value is -2.52. The van der Waals surface area contributed by atoms with Crippen molar-refractivity contribution in [2.45, 2.75) is 13.3 Å². The van der Waals surface area contributed by atoms with E-state index < -0.39 is 0 Å². The third kappa shape index (κ3) is 3.33. The molecule has 1 aliphatic rings. The largest absolute Gasteiger partial charge is 0.366 e. The predicted molar refractivity (Wildman–Crippen MR) is 106 cm³/mol. The summed E-state index contributed by atoms with van der Waals surface area (Å²) in [5.74, 6) is 0. The lowest BCUT2D eigenvalue weighted by Gasteiger charge is -2.29. The number of hydrogen-bond donors (Lipinski definition) is 1. The first-order chi connectivity index (χ1) is 12.2. The van der Waals surface area contributed by atoms with E-state index in [4.69, 9.17) is 11.6 Å². The number of aromatic amines is 1. The number of allylic oxidation sites excluding steroid dienone is 1. The maximum atomic E-state index is 5.93. The number of aromatic nitrogens is 2. The van der Waals surface area contributed by atoms with Crippen LogP contribution >= 0.6 is 11.6 Å². The molecule has 25 heavy (non-hydrogen) atoms. The number of rotatable bonds is 3. The van der Waals surface area contributed by atoms with Crippen LogP contribution in [0.3, 0.4) is 0 Å². The minimum atomic E-state index is 0.771. The summed E-state index contributed by atoms with van der Waals surface area (Å²) in [6.45, 7) is 4.10. The monoisotopic (exact) mass is 349 g/mol. The standard InChI is InChI=1S/C21H20ClN3/c1-15-19-8-11-23-21(19)24-14-20(15)25-12-9-17(10-13-25)3-2-16-4-6-18(22)7-5-16/h2-9,11,14H,10,12-13H2,1H3,(H,23,24). The van der Waals surface area contributed by atoms with Crippen LogP contribution in [0.5, 0.6) is 0 Å². The fraction of sp³-hybridized carbons (Fsp3) is 0.190. The Bertz CT molecular complexity index is 951. The molecule has 4 heteroatoms. The third-order valence-electron chi connectivity index (χ3n) is 4.77. The predicted octanol–water partition coefficient (Wildman–Crippen LogP) is 5.37. The summed E-state index contributed by atoms with van der Waals surface area (Å²) in [4.78, 5) is 10.1. The second-order valence-corrected chi connectivity index (χ2v) is 6.80. The lowest BCUT2D eigenvalue weighted by molar-refractivity contribution is 0.797. The fourth-order valence-electron chi connectivity index (χ4n) is 3.28. The molecule has 1 N–H and O–H groups in total. The third-order valence-corrected chi connectivity index (χ3v) is 5.03. The molecule has 3 heterocycles. The SMILES string of the molecule is Cc1c(N2CC=C(C=Cc3ccc(Cl)cc3)CC2)cnc2[nH]ccc12. The summed E-state index contributed by atoms with van der Waals surface area (Å²) in [5, 5.41) is 1.97. The van der Waals surface area contributed by atoms with Crippen molar-refractivity contribution in [3.05, 3.63) is 76.6 Å². The first kappa shape index (κ1) is 16.0. The van der Waals surface area contributed by atoms with E-state index in [-0.39, 0.29) is 0 Å². The Morgan fingerprint density at radius 2 is 2.00 bits per heavy atom. The summed E-state index contributed by atoms with van der Waals surface area (Å²) in [6.07, 6.45) is 11.6. The zero-order chi connectivity index (χ0) is 17.2. The van der Waals surface area contributed by atoms with Crippen LogP contribution in [-0.4, -0.2) is 23.1 Å². The maximum absolute atomic E-state index is 5.93. The van der Waals surface area contributed by atoms with Crippen LogP contribution in [-0.2, 0) is 0 Å². The summed E-state index contributed by atoms with van der Waals surface area (Å²) < 4.78 is 0. The van der Waals surface area contributed by atoms with Gasteiger partial charge in [0.05, 0.1) is 11.9 Å². The quantitative estimate of drug-likeness (QED) is 0.688. The van der Waals surface area contributed by atoms with Gasteiger partial charge in [0.25, 0.3) is 0 Å². The van der Waals surface area contributed by atoms with Gasteiger partial charge in [0, 0.05) is 29.7 Å². The van der Waals surface area contributed by atoms with Gasteiger partial charge in [-0.3, -0.25) is 0 Å². The highest BCUT2D eigenvalue weighted by Crippen LogP contribution is 2.28. The van der Waals surface area contributed by atoms with E-state index in [0.717, 1.165) is 30.2 Å². The zero-order valence-electron chi connectivity index (χ0n) is 14.2. The number of benzene rings is 1. The van der Waals surface area contributed by atoms with E-state index in [1.807, 2.05) is 36.7 Å². The highest BCUT2D eigenvalue weighted by atomic mass is 35.5. The van der Waals surface area contributed by atoms with Gasteiger partial charge in [0.15, 0.2) is 0 Å². The van der Waals surface area contributed by atoms with Gasteiger partial charge in [-0.15, -0.1) is 0 Å². The Kier molecular flexibility index (Phi) is 4.33. The Labute approximate surface area is 152 Å². The highest BCUT2D eigenvalue weighted by molar-refractivity contribution is 6.30. The molecule has 0 unspecified atom stereocenters. The van der Waals surface area contributed by atoms with Gasteiger partial charge >= 0.3 is 0 Å². The molecule has 0 amide bonds. The van der Waals surface area contributed by atoms with Crippen molar-refractivity contribution in [1.29, 1.82) is 0 Å². The summed E-state index contributed by atoms with van der Waals surface area (Å²) in [7, 11) is 0. The topological polar surface area (TPSA) is 31.9 Å². The van der Waals surface area contributed by atoms with Crippen LogP contribution in [0.15, 0.2) is 60.5 Å². The lowest BCUT2D eigenvalue weighted by atomic mass is 10.0. The minimum absolute atomic E-state index is 0.771. The van der Waals surface area contributed by atoms with Gasteiger partial charge in [-0.05, 0) is 48.2 Å². The van der Waals surface area contributed by atoms with Crippen molar-refractivity contribution >= 4 is 34.4 Å². The van der Waals surface area contributed by atoms with Gasteiger partial charge in [0.2, 0.25) is 0 Å². The van der Waals surface area contributed by atoms with E-state index in [9.17, 15) is 0 Å². The molecule has 1 aromatic carbocycles. The number of H-pyrrole nitrogens is 1. The fourth-order valence-corrected chi connectivity index (χ4v) is 3.41. The van der Waals surface area contributed by atoms with Crippen molar-refractivity contribution in [2.24, 2.45) is 0 Å². The average molecular weight is 350 g/mol. The molecule has 0 radical (unpaired) electrons. The smallest absolute Gasteiger partial charge is 0.137 e. The number of halogens is 1. The van der Waals surface area contributed by atoms with Gasteiger partial charge in [0.1, 0.15) is 5.65 Å². The molecular formula is C21H20ClN3. The van der Waals surface area contributed by atoms with Crippen molar-refractivity contribution in [2.75, 3.05) is 18.0 Å². The normalized spacial score (nSPS) is 15.1. The number of hydrogen-bond acceptors (Lipinski definition) is 2. The minimum Gasteiger partial charge on any atom is -0.366 e. The zero-order valence-corrected chi connectivity index (χ0v) is 14.9. The molecule has 0 atom stereocenters. The number of nitrogens with one attached hydrogen (secondary N) is 1. The van der Waals surface area contributed by atoms with E-state index in [1.165, 1.54) is 27.8 Å². The van der Waals surface area contributed by atoms with Crippen LogP contribution in [0.2, 0.25) is 5.02 Å². The van der Waals surface area contributed by atoms with Crippen molar-refractivity contribution in [3.63, 3.8) is 0 Å². The Morgan fingerprint density at radius 1 is 1.16 bits per heavy atom. The van der Waals surface area contributed by atoms with Crippen LogP contribution < -0.4 is 4.90 Å². The molecule has 0 fully saturated rings. The molecule has 0 spiro atoms. The van der Waals surface area contributed by atoms with Crippen molar-refractivity contribution in [3.8, 4) is 0 Å². The van der Waals surface area contributed by atoms with Gasteiger partial charge < -0.3 is 9.88 Å². The summed E-state index contributed by atoms with van der Waals surface area (Å²) >= 11 is 5.93. The second kappa shape index (κ2) is 6.77. The van der Waals surface area contributed by atoms with Crippen LogP contribution in [0, 0.1) is 6.92 Å². The van der Waals surface area contributed by atoms with Crippen LogP contribution in [0.25, 0.3) is 17.1 Å². The number of nitrogens with zero attached hydrogens (tertiary/aromatic N) is 2. The van der Waals surface area contributed by atoms with Gasteiger partial charge in [-0.1, -0.05) is 42.0 Å². The molecule has 3 nitrogen and oxygen atoms in total. The van der Waals surface area contributed by atoms with Gasteiger partial charge in [-0.2, -0.15) is 0 Å². The summed E-state index contributed by atoms with van der Waals surface area (Å²) in [6, 6.07) is 10.0. The number of anilines is 1. The maximum Gasteiger partial charge on any atom is 0.137 e. The number of aryl methyl sites for hydroxylation is 1. The first-order valence-electron chi connectivity index (χ1n) is 8.51. The van der Waals surface area contributed by atoms with Crippen molar-refractivity contribution in [1.82, 2.24) is 9.97 Å². The Balaban J connectivity index is 1.49.